The van der Waals surface area contributed by atoms with Crippen LogP contribution >= 0.6 is 0 Å². The van der Waals surface area contributed by atoms with Crippen molar-refractivity contribution < 1.29 is 21.3 Å². The van der Waals surface area contributed by atoms with Crippen molar-refractivity contribution in [3.05, 3.63) is 29.4 Å². The Bertz CT molecular complexity index is 672. The van der Waals surface area contributed by atoms with Gasteiger partial charge in [0.1, 0.15) is 5.76 Å². The summed E-state index contributed by atoms with van der Waals surface area (Å²) in [7, 11) is -6.95. The average molecular weight is 292 g/mol. The molecule has 0 saturated carbocycles. The van der Waals surface area contributed by atoms with Gasteiger partial charge in [-0.1, -0.05) is 6.08 Å². The molecule has 2 heterocycles. The average Bonchev–Trinajstić information content (AvgIpc) is 2.80. The number of furan rings is 1. The molecule has 0 aliphatic carbocycles. The molecule has 1 unspecified atom stereocenters. The molecule has 9 heteroatoms. The number of hydrogen-bond donors (Lipinski definition) is 2. The van der Waals surface area contributed by atoms with Gasteiger partial charge < -0.3 is 9.73 Å². The summed E-state index contributed by atoms with van der Waals surface area (Å²) < 4.78 is 49.2. The first-order chi connectivity index (χ1) is 8.26. The topological polar surface area (TPSA) is 119 Å². The first-order valence-electron chi connectivity index (χ1n) is 5.02. The first kappa shape index (κ1) is 13.3. The Morgan fingerprint density at radius 1 is 1.44 bits per heavy atom. The zero-order valence-corrected chi connectivity index (χ0v) is 10.9. The van der Waals surface area contributed by atoms with Crippen LogP contribution in [0.4, 0.5) is 0 Å². The van der Waals surface area contributed by atoms with E-state index in [1.54, 1.807) is 6.08 Å². The third-order valence-electron chi connectivity index (χ3n) is 2.39. The predicted molar refractivity (Wildman–Crippen MR) is 63.6 cm³/mol. The quantitative estimate of drug-likeness (QED) is 0.759. The fourth-order valence-corrected chi connectivity index (χ4v) is 3.29. The van der Waals surface area contributed by atoms with Crippen LogP contribution in [-0.4, -0.2) is 28.6 Å². The van der Waals surface area contributed by atoms with Crippen molar-refractivity contribution in [2.45, 2.75) is 17.7 Å². The van der Waals surface area contributed by atoms with E-state index in [-0.39, 0.29) is 23.4 Å². The van der Waals surface area contributed by atoms with Crippen LogP contribution in [0.5, 0.6) is 0 Å². The Morgan fingerprint density at radius 3 is 2.67 bits per heavy atom. The second-order valence-electron chi connectivity index (χ2n) is 3.91. The van der Waals surface area contributed by atoms with E-state index in [1.165, 1.54) is 12.1 Å². The third kappa shape index (κ3) is 3.19. The molecule has 18 heavy (non-hydrogen) atoms. The van der Waals surface area contributed by atoms with Gasteiger partial charge in [0.2, 0.25) is 5.09 Å². The van der Waals surface area contributed by atoms with Gasteiger partial charge in [-0.3, -0.25) is 0 Å². The zero-order chi connectivity index (χ0) is 13.4. The van der Waals surface area contributed by atoms with Gasteiger partial charge in [0.25, 0.3) is 10.0 Å². The first-order valence-corrected chi connectivity index (χ1v) is 8.28. The maximum atomic E-state index is 11.1. The van der Waals surface area contributed by atoms with E-state index < -0.39 is 19.9 Å². The Kier molecular flexibility index (Phi) is 3.32. The lowest BCUT2D eigenvalue weighted by Gasteiger charge is -2.07. The van der Waals surface area contributed by atoms with Crippen LogP contribution in [0.25, 0.3) is 0 Å². The molecule has 0 bridgehead atoms. The molecule has 1 aromatic heterocycles. The molecular weight excluding hydrogens is 280 g/mol. The van der Waals surface area contributed by atoms with Crippen LogP contribution < -0.4 is 10.5 Å². The molecule has 1 aromatic rings. The van der Waals surface area contributed by atoms with E-state index in [0.29, 0.717) is 5.76 Å². The monoisotopic (exact) mass is 292 g/mol. The van der Waals surface area contributed by atoms with Gasteiger partial charge >= 0.3 is 0 Å². The summed E-state index contributed by atoms with van der Waals surface area (Å²) in [6, 6.07) is 2.44. The minimum atomic E-state index is -3.84. The number of nitrogens with two attached hydrogens (primary N) is 1. The SMILES string of the molecule is NS(=O)(=O)c1ccc(CNC2C=CS(=O)(=O)C2)o1. The molecule has 1 aliphatic rings. The van der Waals surface area contributed by atoms with E-state index in [2.05, 4.69) is 5.32 Å². The van der Waals surface area contributed by atoms with Crippen molar-refractivity contribution in [3.63, 3.8) is 0 Å². The van der Waals surface area contributed by atoms with Crippen LogP contribution in [0.15, 0.2) is 33.1 Å². The summed E-state index contributed by atoms with van der Waals surface area (Å²) in [5.74, 6) is 0.368. The Morgan fingerprint density at radius 2 is 2.17 bits per heavy atom. The Labute approximate surface area is 105 Å². The molecule has 2 rings (SSSR count). The summed E-state index contributed by atoms with van der Waals surface area (Å²) in [4.78, 5) is 0. The standard InChI is InChI=1S/C9H12N2O5S2/c10-18(14,15)9-2-1-8(16-9)5-11-7-3-4-17(12,13)6-7/h1-4,7,11H,5-6H2,(H2,10,14,15). The smallest absolute Gasteiger partial charge is 0.271 e. The molecule has 0 aromatic carbocycles. The molecule has 0 radical (unpaired) electrons. The summed E-state index contributed by atoms with van der Waals surface area (Å²) >= 11 is 0. The molecule has 1 aliphatic heterocycles. The van der Waals surface area contributed by atoms with E-state index in [9.17, 15) is 16.8 Å². The molecular formula is C9H12N2O5S2. The molecule has 1 atom stereocenters. The van der Waals surface area contributed by atoms with Crippen molar-refractivity contribution in [3.8, 4) is 0 Å². The summed E-state index contributed by atoms with van der Waals surface area (Å²) in [5.41, 5.74) is 0. The normalized spacial score (nSPS) is 22.4. The van der Waals surface area contributed by atoms with Gasteiger partial charge in [-0.25, -0.2) is 22.0 Å². The van der Waals surface area contributed by atoms with Gasteiger partial charge in [0.15, 0.2) is 9.84 Å². The third-order valence-corrected chi connectivity index (χ3v) is 4.56. The Balaban J connectivity index is 1.96. The van der Waals surface area contributed by atoms with Gasteiger partial charge in [0.05, 0.1) is 12.3 Å². The number of primary sulfonamides is 1. The fraction of sp³-hybridized carbons (Fsp3) is 0.333. The van der Waals surface area contributed by atoms with Crippen LogP contribution in [0.2, 0.25) is 0 Å². The lowest BCUT2D eigenvalue weighted by atomic mass is 10.3. The Hall–Kier alpha value is -1.16. The highest BCUT2D eigenvalue weighted by atomic mass is 32.2. The molecule has 0 spiro atoms. The highest BCUT2D eigenvalue weighted by molar-refractivity contribution is 7.94. The molecule has 7 nitrogen and oxygen atoms in total. The maximum absolute atomic E-state index is 11.1. The molecule has 0 fully saturated rings. The van der Waals surface area contributed by atoms with E-state index in [4.69, 9.17) is 9.56 Å². The van der Waals surface area contributed by atoms with Gasteiger partial charge in [-0.05, 0) is 12.1 Å². The molecule has 0 saturated heterocycles. The van der Waals surface area contributed by atoms with Gasteiger partial charge in [0, 0.05) is 11.4 Å². The van der Waals surface area contributed by atoms with Gasteiger partial charge in [-0.2, -0.15) is 0 Å². The van der Waals surface area contributed by atoms with E-state index in [0.717, 1.165) is 5.41 Å². The van der Waals surface area contributed by atoms with Crippen LogP contribution in [0.3, 0.4) is 0 Å². The zero-order valence-electron chi connectivity index (χ0n) is 9.24. The second kappa shape index (κ2) is 4.50. The highest BCUT2D eigenvalue weighted by Crippen LogP contribution is 2.13. The fourth-order valence-electron chi connectivity index (χ4n) is 1.54. The second-order valence-corrected chi connectivity index (χ2v) is 7.33. The number of hydrogen-bond acceptors (Lipinski definition) is 6. The summed E-state index contributed by atoms with van der Waals surface area (Å²) in [6.07, 6.45) is 1.54. The number of sulfone groups is 1. The lowest BCUT2D eigenvalue weighted by molar-refractivity contribution is 0.399. The van der Waals surface area contributed by atoms with Crippen molar-refractivity contribution >= 4 is 19.9 Å². The number of sulfonamides is 1. The maximum Gasteiger partial charge on any atom is 0.271 e. The van der Waals surface area contributed by atoms with Crippen molar-refractivity contribution in [2.24, 2.45) is 5.14 Å². The molecule has 100 valence electrons. The minimum absolute atomic E-state index is 0.00421. The van der Waals surface area contributed by atoms with Crippen LogP contribution in [0, 0.1) is 0 Å². The minimum Gasteiger partial charge on any atom is -0.447 e. The van der Waals surface area contributed by atoms with Crippen molar-refractivity contribution in [2.75, 3.05) is 5.75 Å². The number of rotatable bonds is 4. The van der Waals surface area contributed by atoms with Crippen LogP contribution in [0.1, 0.15) is 5.76 Å². The van der Waals surface area contributed by atoms with E-state index >= 15 is 0 Å². The largest absolute Gasteiger partial charge is 0.447 e. The number of nitrogens with one attached hydrogen (secondary N) is 1. The lowest BCUT2D eigenvalue weighted by Crippen LogP contribution is -2.29. The highest BCUT2D eigenvalue weighted by Gasteiger charge is 2.21. The van der Waals surface area contributed by atoms with Crippen molar-refractivity contribution in [1.82, 2.24) is 5.32 Å². The van der Waals surface area contributed by atoms with Crippen molar-refractivity contribution in [1.29, 1.82) is 0 Å². The molecule has 3 N–H and O–H groups in total. The summed E-state index contributed by atoms with van der Waals surface area (Å²) in [5, 5.41) is 8.66. The van der Waals surface area contributed by atoms with Gasteiger partial charge in [-0.15, -0.1) is 0 Å². The molecule has 0 amide bonds. The van der Waals surface area contributed by atoms with Crippen LogP contribution in [-0.2, 0) is 26.4 Å². The van der Waals surface area contributed by atoms with E-state index in [1.807, 2.05) is 0 Å². The predicted octanol–water partition coefficient (Wildman–Crippen LogP) is -0.673. The summed E-state index contributed by atoms with van der Waals surface area (Å²) in [6.45, 7) is 0.222.